The number of nitrogens with two attached hydrogens (primary N) is 1. The molecule has 1 amide bonds. The van der Waals surface area contributed by atoms with E-state index in [2.05, 4.69) is 21.2 Å². The van der Waals surface area contributed by atoms with E-state index in [1.165, 1.54) is 0 Å². The van der Waals surface area contributed by atoms with Crippen LogP contribution < -0.4 is 15.8 Å². The first-order chi connectivity index (χ1) is 9.52. The number of para-hydroxylation sites is 1. The summed E-state index contributed by atoms with van der Waals surface area (Å²) < 4.78 is 5.86. The Hall–Kier alpha value is -2.01. The highest BCUT2D eigenvalue weighted by atomic mass is 79.9. The van der Waals surface area contributed by atoms with E-state index in [4.69, 9.17) is 10.5 Å². The highest BCUT2D eigenvalue weighted by Gasteiger charge is 2.11. The second-order valence-electron chi connectivity index (χ2n) is 4.34. The molecule has 0 aliphatic rings. The van der Waals surface area contributed by atoms with Gasteiger partial charge in [0.2, 0.25) is 0 Å². The molecule has 0 aliphatic carbocycles. The molecule has 0 bridgehead atoms. The minimum Gasteiger partial charge on any atom is -0.496 e. The summed E-state index contributed by atoms with van der Waals surface area (Å²) in [6, 6.07) is 10.7. The highest BCUT2D eigenvalue weighted by Crippen LogP contribution is 2.27. The van der Waals surface area contributed by atoms with Crippen molar-refractivity contribution < 1.29 is 9.53 Å². The summed E-state index contributed by atoms with van der Waals surface area (Å²) in [6.07, 6.45) is 0. The van der Waals surface area contributed by atoms with Crippen LogP contribution in [0.4, 0.5) is 11.4 Å². The molecule has 0 saturated carbocycles. The number of nitrogens with one attached hydrogen (secondary N) is 1. The Morgan fingerprint density at radius 3 is 2.65 bits per heavy atom. The van der Waals surface area contributed by atoms with Crippen molar-refractivity contribution >= 4 is 33.2 Å². The lowest BCUT2D eigenvalue weighted by atomic mass is 10.1. The fraction of sp³-hybridized carbons (Fsp3) is 0.133. The van der Waals surface area contributed by atoms with Crippen molar-refractivity contribution in [2.45, 2.75) is 6.92 Å². The van der Waals surface area contributed by atoms with Crippen molar-refractivity contribution in [2.24, 2.45) is 0 Å². The van der Waals surface area contributed by atoms with Gasteiger partial charge in [-0.25, -0.2) is 0 Å². The van der Waals surface area contributed by atoms with Gasteiger partial charge in [-0.3, -0.25) is 4.79 Å². The van der Waals surface area contributed by atoms with Gasteiger partial charge in [0.25, 0.3) is 5.91 Å². The molecule has 2 aromatic rings. The Kier molecular flexibility index (Phi) is 4.29. The Morgan fingerprint density at radius 2 is 2.05 bits per heavy atom. The standard InChI is InChI=1S/C15H15BrN2O2/c1-9-4-3-5-12(17)14(9)18-15(19)10-6-7-13(20-2)11(16)8-10/h3-8H,17H2,1-2H3,(H,18,19). The zero-order valence-corrected chi connectivity index (χ0v) is 12.8. The van der Waals surface area contributed by atoms with E-state index in [0.29, 0.717) is 22.7 Å². The summed E-state index contributed by atoms with van der Waals surface area (Å²) in [6.45, 7) is 1.90. The number of aryl methyl sites for hydroxylation is 1. The molecule has 2 aromatic carbocycles. The second-order valence-corrected chi connectivity index (χ2v) is 5.20. The lowest BCUT2D eigenvalue weighted by Gasteiger charge is -2.12. The first kappa shape index (κ1) is 14.4. The maximum atomic E-state index is 12.2. The van der Waals surface area contributed by atoms with Crippen molar-refractivity contribution in [1.82, 2.24) is 0 Å². The predicted molar refractivity (Wildman–Crippen MR) is 84.2 cm³/mol. The number of hydrogen-bond donors (Lipinski definition) is 2. The van der Waals surface area contributed by atoms with Crippen molar-refractivity contribution in [3.05, 3.63) is 52.0 Å². The zero-order chi connectivity index (χ0) is 14.7. The van der Waals surface area contributed by atoms with Crippen LogP contribution in [-0.4, -0.2) is 13.0 Å². The molecule has 0 saturated heterocycles. The molecule has 0 radical (unpaired) electrons. The molecule has 104 valence electrons. The van der Waals surface area contributed by atoms with Gasteiger partial charge in [-0.15, -0.1) is 0 Å². The van der Waals surface area contributed by atoms with Crippen molar-refractivity contribution in [3.63, 3.8) is 0 Å². The minimum atomic E-state index is -0.214. The molecule has 20 heavy (non-hydrogen) atoms. The molecular weight excluding hydrogens is 320 g/mol. The Balaban J connectivity index is 2.26. The quantitative estimate of drug-likeness (QED) is 0.843. The Labute approximate surface area is 126 Å². The first-order valence-corrected chi connectivity index (χ1v) is 6.82. The fourth-order valence-electron chi connectivity index (χ4n) is 1.85. The van der Waals surface area contributed by atoms with E-state index in [9.17, 15) is 4.79 Å². The van der Waals surface area contributed by atoms with Gasteiger partial charge in [-0.05, 0) is 52.7 Å². The van der Waals surface area contributed by atoms with E-state index in [-0.39, 0.29) is 5.91 Å². The smallest absolute Gasteiger partial charge is 0.255 e. The summed E-state index contributed by atoms with van der Waals surface area (Å²) in [5.74, 6) is 0.464. The van der Waals surface area contributed by atoms with Crippen LogP contribution in [0.3, 0.4) is 0 Å². The van der Waals surface area contributed by atoms with Crippen LogP contribution >= 0.6 is 15.9 Å². The number of carbonyl (C=O) groups excluding carboxylic acids is 1. The third-order valence-electron chi connectivity index (χ3n) is 2.96. The molecule has 0 spiro atoms. The second kappa shape index (κ2) is 5.96. The van der Waals surface area contributed by atoms with Crippen LogP contribution in [0.15, 0.2) is 40.9 Å². The number of nitrogen functional groups attached to an aromatic ring is 1. The third-order valence-corrected chi connectivity index (χ3v) is 3.58. The Bertz CT molecular complexity index is 636. The fourth-order valence-corrected chi connectivity index (χ4v) is 2.40. The maximum absolute atomic E-state index is 12.2. The SMILES string of the molecule is COc1ccc(C(=O)Nc2c(C)cccc2N)cc1Br. The molecule has 0 heterocycles. The van der Waals surface area contributed by atoms with E-state index in [1.54, 1.807) is 31.4 Å². The summed E-state index contributed by atoms with van der Waals surface area (Å²) in [4.78, 5) is 12.2. The van der Waals surface area contributed by atoms with E-state index in [0.717, 1.165) is 10.0 Å². The van der Waals surface area contributed by atoms with Crippen LogP contribution in [0.25, 0.3) is 0 Å². The van der Waals surface area contributed by atoms with Crippen molar-refractivity contribution in [3.8, 4) is 5.75 Å². The van der Waals surface area contributed by atoms with Gasteiger partial charge in [0.15, 0.2) is 0 Å². The number of rotatable bonds is 3. The number of carbonyl (C=O) groups is 1. The molecule has 0 aliphatic heterocycles. The molecule has 0 fully saturated rings. The minimum absolute atomic E-state index is 0.214. The topological polar surface area (TPSA) is 64.3 Å². The summed E-state index contributed by atoms with van der Waals surface area (Å²) >= 11 is 3.36. The lowest BCUT2D eigenvalue weighted by Crippen LogP contribution is -2.14. The Morgan fingerprint density at radius 1 is 1.30 bits per heavy atom. The van der Waals surface area contributed by atoms with Crippen LogP contribution in [0.5, 0.6) is 5.75 Å². The number of halogens is 1. The lowest BCUT2D eigenvalue weighted by molar-refractivity contribution is 0.102. The average Bonchev–Trinajstić information content (AvgIpc) is 2.42. The number of amides is 1. The first-order valence-electron chi connectivity index (χ1n) is 6.03. The molecule has 0 atom stereocenters. The largest absolute Gasteiger partial charge is 0.496 e. The molecule has 0 aromatic heterocycles. The monoisotopic (exact) mass is 334 g/mol. The van der Waals surface area contributed by atoms with Crippen LogP contribution in [-0.2, 0) is 0 Å². The maximum Gasteiger partial charge on any atom is 0.255 e. The number of methoxy groups -OCH3 is 1. The van der Waals surface area contributed by atoms with E-state index >= 15 is 0 Å². The number of hydrogen-bond acceptors (Lipinski definition) is 3. The van der Waals surface area contributed by atoms with E-state index in [1.807, 2.05) is 19.1 Å². The molecule has 3 N–H and O–H groups in total. The third kappa shape index (κ3) is 2.93. The number of benzene rings is 2. The number of ether oxygens (including phenoxy) is 1. The average molecular weight is 335 g/mol. The van der Waals surface area contributed by atoms with Gasteiger partial charge in [-0.2, -0.15) is 0 Å². The van der Waals surface area contributed by atoms with Gasteiger partial charge in [0, 0.05) is 5.56 Å². The normalized spacial score (nSPS) is 10.2. The van der Waals surface area contributed by atoms with Crippen LogP contribution in [0, 0.1) is 6.92 Å². The predicted octanol–water partition coefficient (Wildman–Crippen LogP) is 3.60. The zero-order valence-electron chi connectivity index (χ0n) is 11.2. The molecule has 0 unspecified atom stereocenters. The molecule has 4 nitrogen and oxygen atoms in total. The summed E-state index contributed by atoms with van der Waals surface area (Å²) in [5, 5.41) is 2.83. The van der Waals surface area contributed by atoms with Crippen molar-refractivity contribution in [2.75, 3.05) is 18.2 Å². The molecular formula is C15H15BrN2O2. The van der Waals surface area contributed by atoms with Crippen molar-refractivity contribution in [1.29, 1.82) is 0 Å². The van der Waals surface area contributed by atoms with Gasteiger partial charge in [0.1, 0.15) is 5.75 Å². The van der Waals surface area contributed by atoms with Gasteiger partial charge < -0.3 is 15.8 Å². The van der Waals surface area contributed by atoms with E-state index < -0.39 is 0 Å². The highest BCUT2D eigenvalue weighted by molar-refractivity contribution is 9.10. The molecule has 5 heteroatoms. The van der Waals surface area contributed by atoms with Crippen LogP contribution in [0.2, 0.25) is 0 Å². The summed E-state index contributed by atoms with van der Waals surface area (Å²) in [7, 11) is 1.58. The van der Waals surface area contributed by atoms with Gasteiger partial charge >= 0.3 is 0 Å². The molecule has 2 rings (SSSR count). The van der Waals surface area contributed by atoms with Gasteiger partial charge in [0.05, 0.1) is 23.0 Å². The number of anilines is 2. The van der Waals surface area contributed by atoms with Gasteiger partial charge in [-0.1, -0.05) is 12.1 Å². The van der Waals surface area contributed by atoms with Crippen LogP contribution in [0.1, 0.15) is 15.9 Å². The summed E-state index contributed by atoms with van der Waals surface area (Å²) in [5.41, 5.74) is 8.52.